The molecule has 2 unspecified atom stereocenters. The van der Waals surface area contributed by atoms with Crippen LogP contribution in [-0.4, -0.2) is 0 Å². The number of hydrogen-bond acceptors (Lipinski definition) is 0. The molecule has 2 atom stereocenters. The van der Waals surface area contributed by atoms with E-state index < -0.39 is 0 Å². The van der Waals surface area contributed by atoms with Gasteiger partial charge in [-0.2, -0.15) is 9.13 Å². The molecule has 3 aromatic carbocycles. The topological polar surface area (TPSA) is 7.76 Å². The Balaban J connectivity index is 1.48. The van der Waals surface area contributed by atoms with Crippen LogP contribution >= 0.6 is 0 Å². The Morgan fingerprint density at radius 1 is 0.611 bits per heavy atom. The van der Waals surface area contributed by atoms with Crippen molar-refractivity contribution in [1.29, 1.82) is 0 Å². The lowest BCUT2D eigenvalue weighted by molar-refractivity contribution is -0.715. The fraction of sp³-hybridized carbons (Fsp3) is 0.118. The van der Waals surface area contributed by atoms with Crippen molar-refractivity contribution in [2.24, 2.45) is 0 Å². The van der Waals surface area contributed by atoms with Crippen molar-refractivity contribution >= 4 is 5.70 Å². The summed E-state index contributed by atoms with van der Waals surface area (Å²) < 4.78 is 4.90. The highest BCUT2D eigenvalue weighted by Crippen LogP contribution is 2.49. The number of aryl methyl sites for hydroxylation is 2. The first-order valence-electron chi connectivity index (χ1n) is 12.7. The van der Waals surface area contributed by atoms with Gasteiger partial charge in [-0.25, -0.2) is 0 Å². The Hall–Kier alpha value is -4.30. The van der Waals surface area contributed by atoms with Gasteiger partial charge < -0.3 is 0 Å². The fourth-order valence-electron chi connectivity index (χ4n) is 6.05. The summed E-state index contributed by atoms with van der Waals surface area (Å²) in [5, 5.41) is 0. The normalized spacial score (nSPS) is 17.3. The van der Waals surface area contributed by atoms with Crippen molar-refractivity contribution in [2.45, 2.75) is 25.8 Å². The number of rotatable bonds is 3. The molecule has 7 rings (SSSR count). The van der Waals surface area contributed by atoms with Crippen molar-refractivity contribution in [3.63, 3.8) is 0 Å². The van der Waals surface area contributed by atoms with E-state index in [-0.39, 0.29) is 0 Å². The van der Waals surface area contributed by atoms with Crippen molar-refractivity contribution in [3.05, 3.63) is 138 Å². The van der Waals surface area contributed by atoms with Crippen LogP contribution in [0.5, 0.6) is 0 Å². The van der Waals surface area contributed by atoms with E-state index in [1.54, 1.807) is 0 Å². The molecular formula is C34H28N2+2. The third-order valence-corrected chi connectivity index (χ3v) is 7.86. The average Bonchev–Trinajstić information content (AvgIpc) is 2.90. The lowest BCUT2D eigenvalue weighted by Crippen LogP contribution is -2.55. The second-order valence-electron chi connectivity index (χ2n) is 9.95. The van der Waals surface area contributed by atoms with Crippen LogP contribution in [-0.2, 0) is 0 Å². The molecule has 0 spiro atoms. The van der Waals surface area contributed by atoms with Gasteiger partial charge in [-0.1, -0.05) is 66.7 Å². The van der Waals surface area contributed by atoms with Crippen LogP contribution in [0.1, 0.15) is 28.7 Å². The molecule has 0 saturated heterocycles. The summed E-state index contributed by atoms with van der Waals surface area (Å²) in [6.45, 7) is 4.44. The molecule has 0 fully saturated rings. The van der Waals surface area contributed by atoms with Crippen LogP contribution in [0.3, 0.4) is 0 Å². The first kappa shape index (κ1) is 21.0. The van der Waals surface area contributed by atoms with E-state index in [1.807, 2.05) is 0 Å². The molecule has 3 heterocycles. The number of allylic oxidation sites excluding steroid dienone is 2. The molecule has 5 aromatic rings. The van der Waals surface area contributed by atoms with E-state index in [4.69, 9.17) is 0 Å². The van der Waals surface area contributed by atoms with Gasteiger partial charge in [0.25, 0.3) is 0 Å². The molecule has 0 amide bonds. The lowest BCUT2D eigenvalue weighted by Gasteiger charge is -2.34. The first-order chi connectivity index (χ1) is 17.7. The Morgan fingerprint density at radius 2 is 1.33 bits per heavy atom. The van der Waals surface area contributed by atoms with Crippen molar-refractivity contribution < 1.29 is 9.13 Å². The third kappa shape index (κ3) is 3.11. The molecule has 172 valence electrons. The van der Waals surface area contributed by atoms with Gasteiger partial charge in [0.05, 0.1) is 11.6 Å². The molecule has 0 radical (unpaired) electrons. The summed E-state index contributed by atoms with van der Waals surface area (Å²) in [5.41, 5.74) is 13.0. The molecule has 0 saturated carbocycles. The van der Waals surface area contributed by atoms with Gasteiger partial charge in [0.1, 0.15) is 5.92 Å². The van der Waals surface area contributed by atoms with E-state index in [1.165, 1.54) is 56.0 Å². The Labute approximate surface area is 212 Å². The molecule has 0 N–H and O–H groups in total. The summed E-state index contributed by atoms with van der Waals surface area (Å²) in [6, 6.07) is 37.6. The van der Waals surface area contributed by atoms with Crippen LogP contribution in [0.4, 0.5) is 0 Å². The predicted octanol–water partition coefficient (Wildman–Crippen LogP) is 7.07. The molecule has 2 aromatic heterocycles. The van der Waals surface area contributed by atoms with Crippen molar-refractivity contribution in [3.8, 4) is 33.6 Å². The summed E-state index contributed by atoms with van der Waals surface area (Å²) in [6.07, 6.45) is 7.05. The standard InChI is InChI=1S/C34H28N2/c1-23-12-6-7-15-26(23)31-20-24(2)29(25-13-4-3-5-14-25)22-36(31)33-21-32-34(33)28-17-9-8-16-27(28)30-18-10-11-19-35(30)32/h3-22,32,34H,1-2H3/q+2. The molecule has 1 aliphatic heterocycles. The highest BCUT2D eigenvalue weighted by atomic mass is 15.1. The second kappa shape index (κ2) is 8.13. The molecule has 0 bridgehead atoms. The number of benzene rings is 3. The molecule has 36 heavy (non-hydrogen) atoms. The minimum absolute atomic E-state index is 0.306. The minimum atomic E-state index is 0.306. The number of aromatic nitrogens is 2. The number of hydrogen-bond donors (Lipinski definition) is 0. The molecule has 2 heteroatoms. The van der Waals surface area contributed by atoms with Crippen LogP contribution in [0, 0.1) is 13.8 Å². The van der Waals surface area contributed by atoms with Gasteiger partial charge in [0, 0.05) is 29.3 Å². The zero-order chi connectivity index (χ0) is 24.2. The van der Waals surface area contributed by atoms with Gasteiger partial charge in [0.2, 0.25) is 17.1 Å². The number of nitrogens with zero attached hydrogens (tertiary/aromatic N) is 2. The smallest absolute Gasteiger partial charge is 0.190 e. The largest absolute Gasteiger partial charge is 0.218 e. The van der Waals surface area contributed by atoms with Gasteiger partial charge in [-0.15, -0.1) is 0 Å². The van der Waals surface area contributed by atoms with E-state index >= 15 is 0 Å². The van der Waals surface area contributed by atoms with Gasteiger partial charge in [-0.3, -0.25) is 0 Å². The quantitative estimate of drug-likeness (QED) is 0.252. The maximum atomic E-state index is 2.46. The summed E-state index contributed by atoms with van der Waals surface area (Å²) in [4.78, 5) is 0. The maximum Gasteiger partial charge on any atom is 0.218 e. The molecule has 2 nitrogen and oxygen atoms in total. The summed E-state index contributed by atoms with van der Waals surface area (Å²) in [7, 11) is 0. The first-order valence-corrected chi connectivity index (χ1v) is 12.7. The van der Waals surface area contributed by atoms with Crippen LogP contribution in [0.2, 0.25) is 0 Å². The van der Waals surface area contributed by atoms with Gasteiger partial charge in [-0.05, 0) is 54.3 Å². The summed E-state index contributed by atoms with van der Waals surface area (Å²) >= 11 is 0. The third-order valence-electron chi connectivity index (χ3n) is 7.86. The van der Waals surface area contributed by atoms with E-state index in [0.717, 1.165) is 0 Å². The van der Waals surface area contributed by atoms with Crippen LogP contribution in [0.15, 0.2) is 122 Å². The minimum Gasteiger partial charge on any atom is -0.190 e. The maximum absolute atomic E-state index is 2.46. The monoisotopic (exact) mass is 464 g/mol. The van der Waals surface area contributed by atoms with E-state index in [0.29, 0.717) is 12.0 Å². The summed E-state index contributed by atoms with van der Waals surface area (Å²) in [5.74, 6) is 0.306. The number of fused-ring (bicyclic) bond motifs is 6. The zero-order valence-corrected chi connectivity index (χ0v) is 20.6. The average molecular weight is 465 g/mol. The zero-order valence-electron chi connectivity index (χ0n) is 20.6. The van der Waals surface area contributed by atoms with Crippen LogP contribution in [0.25, 0.3) is 39.3 Å². The fourth-order valence-corrected chi connectivity index (χ4v) is 6.05. The van der Waals surface area contributed by atoms with E-state index in [9.17, 15) is 0 Å². The molecule has 1 aliphatic carbocycles. The highest BCUT2D eigenvalue weighted by molar-refractivity contribution is 5.74. The van der Waals surface area contributed by atoms with Crippen molar-refractivity contribution in [1.82, 2.24) is 0 Å². The second-order valence-corrected chi connectivity index (χ2v) is 9.95. The molecular weight excluding hydrogens is 436 g/mol. The Morgan fingerprint density at radius 3 is 2.17 bits per heavy atom. The van der Waals surface area contributed by atoms with Gasteiger partial charge in [0.15, 0.2) is 18.4 Å². The number of pyridine rings is 2. The highest BCUT2D eigenvalue weighted by Gasteiger charge is 2.52. The molecule has 2 aliphatic rings. The van der Waals surface area contributed by atoms with Crippen LogP contribution < -0.4 is 9.13 Å². The predicted molar refractivity (Wildman–Crippen MR) is 145 cm³/mol. The van der Waals surface area contributed by atoms with E-state index in [2.05, 4.69) is 145 Å². The van der Waals surface area contributed by atoms with Crippen molar-refractivity contribution in [2.75, 3.05) is 0 Å². The Bertz CT molecular complexity index is 1660. The lowest BCUT2D eigenvalue weighted by atomic mass is 9.73. The SMILES string of the molecule is Cc1cc(-c2ccccc2C)[n+](C2=CC3C2c2ccccc2-c2cccc[n+]23)cc1-c1ccccc1. The Kier molecular flexibility index (Phi) is 4.75. The van der Waals surface area contributed by atoms with Gasteiger partial charge >= 0.3 is 0 Å².